The van der Waals surface area contributed by atoms with Crippen molar-refractivity contribution < 1.29 is 12.8 Å². The van der Waals surface area contributed by atoms with Gasteiger partial charge in [0.25, 0.3) is 0 Å². The van der Waals surface area contributed by atoms with Crippen LogP contribution in [-0.4, -0.2) is 13.4 Å². The van der Waals surface area contributed by atoms with E-state index in [2.05, 4.69) is 9.71 Å². The van der Waals surface area contributed by atoms with Gasteiger partial charge in [0.15, 0.2) is 0 Å². The summed E-state index contributed by atoms with van der Waals surface area (Å²) in [5, 5.41) is 0. The van der Waals surface area contributed by atoms with E-state index >= 15 is 0 Å². The second-order valence-electron chi connectivity index (χ2n) is 4.11. The molecular formula is C13H14FN3O2S. The summed E-state index contributed by atoms with van der Waals surface area (Å²) in [4.78, 5) is 3.94. The number of nitrogens with two attached hydrogens (primary N) is 1. The topological polar surface area (TPSA) is 85.1 Å². The van der Waals surface area contributed by atoms with Crippen LogP contribution in [0.25, 0.3) is 0 Å². The predicted octanol–water partition coefficient (Wildman–Crippen LogP) is 1.16. The molecule has 0 amide bonds. The van der Waals surface area contributed by atoms with Crippen LogP contribution in [0.5, 0.6) is 0 Å². The fourth-order valence-electron chi connectivity index (χ4n) is 1.59. The zero-order valence-corrected chi connectivity index (χ0v) is 11.4. The van der Waals surface area contributed by atoms with Crippen molar-refractivity contribution in [1.82, 2.24) is 9.71 Å². The van der Waals surface area contributed by atoms with Crippen molar-refractivity contribution in [2.24, 2.45) is 5.73 Å². The SMILES string of the molecule is NCc1ccc(S(=O)(=O)NCc2ccccc2F)cn1. The number of nitrogens with one attached hydrogen (secondary N) is 1. The van der Waals surface area contributed by atoms with E-state index in [1.165, 1.54) is 30.5 Å². The van der Waals surface area contributed by atoms with Gasteiger partial charge in [0.05, 0.1) is 5.69 Å². The second-order valence-corrected chi connectivity index (χ2v) is 5.87. The molecule has 20 heavy (non-hydrogen) atoms. The summed E-state index contributed by atoms with van der Waals surface area (Å²) in [5.74, 6) is -0.452. The van der Waals surface area contributed by atoms with Crippen LogP contribution in [0, 0.1) is 5.82 Å². The maximum Gasteiger partial charge on any atom is 0.242 e. The molecule has 5 nitrogen and oxygen atoms in total. The Labute approximate surface area is 116 Å². The van der Waals surface area contributed by atoms with Gasteiger partial charge in [0, 0.05) is 24.8 Å². The highest BCUT2D eigenvalue weighted by atomic mass is 32.2. The van der Waals surface area contributed by atoms with Gasteiger partial charge < -0.3 is 5.73 Å². The zero-order valence-electron chi connectivity index (χ0n) is 10.6. The predicted molar refractivity (Wildman–Crippen MR) is 72.6 cm³/mol. The molecule has 1 aromatic heterocycles. The van der Waals surface area contributed by atoms with E-state index in [0.717, 1.165) is 0 Å². The molecule has 0 bridgehead atoms. The third kappa shape index (κ3) is 3.38. The number of halogens is 1. The van der Waals surface area contributed by atoms with Gasteiger partial charge in [0.2, 0.25) is 10.0 Å². The van der Waals surface area contributed by atoms with Gasteiger partial charge in [-0.2, -0.15) is 0 Å². The molecular weight excluding hydrogens is 281 g/mol. The fraction of sp³-hybridized carbons (Fsp3) is 0.154. The molecule has 3 N–H and O–H groups in total. The van der Waals surface area contributed by atoms with E-state index in [4.69, 9.17) is 5.73 Å². The molecule has 0 saturated carbocycles. The largest absolute Gasteiger partial charge is 0.325 e. The Morgan fingerprint density at radius 2 is 1.95 bits per heavy atom. The molecule has 0 atom stereocenters. The van der Waals surface area contributed by atoms with Gasteiger partial charge in [-0.25, -0.2) is 17.5 Å². The quantitative estimate of drug-likeness (QED) is 0.866. The molecule has 2 rings (SSSR count). The molecule has 0 aliphatic heterocycles. The Kier molecular flexibility index (Phi) is 4.43. The van der Waals surface area contributed by atoms with Crippen molar-refractivity contribution in [3.05, 3.63) is 59.7 Å². The summed E-state index contributed by atoms with van der Waals surface area (Å²) in [5.41, 5.74) is 6.27. The molecule has 0 saturated heterocycles. The normalized spacial score (nSPS) is 11.5. The molecule has 7 heteroatoms. The maximum atomic E-state index is 13.4. The molecule has 1 heterocycles. The Hall–Kier alpha value is -1.83. The summed E-state index contributed by atoms with van der Waals surface area (Å²) in [6.45, 7) is 0.122. The molecule has 106 valence electrons. The first-order valence-corrected chi connectivity index (χ1v) is 7.39. The summed E-state index contributed by atoms with van der Waals surface area (Å²) < 4.78 is 39.8. The fourth-order valence-corrected chi connectivity index (χ4v) is 2.54. The average molecular weight is 295 g/mol. The Balaban J connectivity index is 2.13. The van der Waals surface area contributed by atoms with Crippen LogP contribution < -0.4 is 10.5 Å². The first kappa shape index (κ1) is 14.6. The van der Waals surface area contributed by atoms with Crippen molar-refractivity contribution in [3.63, 3.8) is 0 Å². The van der Waals surface area contributed by atoms with E-state index < -0.39 is 15.8 Å². The number of aromatic nitrogens is 1. The molecule has 0 unspecified atom stereocenters. The molecule has 0 spiro atoms. The summed E-state index contributed by atoms with van der Waals surface area (Å²) in [7, 11) is -3.72. The minimum absolute atomic E-state index is 0.0195. The third-order valence-corrected chi connectivity index (χ3v) is 4.11. The number of benzene rings is 1. The molecule has 0 fully saturated rings. The Morgan fingerprint density at radius 1 is 1.20 bits per heavy atom. The highest BCUT2D eigenvalue weighted by molar-refractivity contribution is 7.89. The smallest absolute Gasteiger partial charge is 0.242 e. The lowest BCUT2D eigenvalue weighted by Crippen LogP contribution is -2.24. The third-order valence-electron chi connectivity index (χ3n) is 2.73. The van der Waals surface area contributed by atoms with E-state index in [-0.39, 0.29) is 23.5 Å². The van der Waals surface area contributed by atoms with Crippen molar-refractivity contribution in [3.8, 4) is 0 Å². The van der Waals surface area contributed by atoms with Crippen LogP contribution in [0.15, 0.2) is 47.5 Å². The number of rotatable bonds is 5. The lowest BCUT2D eigenvalue weighted by Gasteiger charge is -2.07. The van der Waals surface area contributed by atoms with Crippen LogP contribution in [0.2, 0.25) is 0 Å². The van der Waals surface area contributed by atoms with E-state index in [1.807, 2.05) is 0 Å². The first-order chi connectivity index (χ1) is 9.53. The van der Waals surface area contributed by atoms with Gasteiger partial charge >= 0.3 is 0 Å². The van der Waals surface area contributed by atoms with Gasteiger partial charge in [-0.05, 0) is 18.2 Å². The summed E-state index contributed by atoms with van der Waals surface area (Å²) >= 11 is 0. The number of sulfonamides is 1. The van der Waals surface area contributed by atoms with E-state index in [1.54, 1.807) is 12.1 Å². The highest BCUT2D eigenvalue weighted by Crippen LogP contribution is 2.10. The van der Waals surface area contributed by atoms with Crippen molar-refractivity contribution in [2.45, 2.75) is 18.0 Å². The van der Waals surface area contributed by atoms with Crippen molar-refractivity contribution >= 4 is 10.0 Å². The van der Waals surface area contributed by atoms with Gasteiger partial charge in [-0.15, -0.1) is 0 Å². The Bertz CT molecular complexity index is 687. The maximum absolute atomic E-state index is 13.4. The Morgan fingerprint density at radius 3 is 2.55 bits per heavy atom. The number of hydrogen-bond acceptors (Lipinski definition) is 4. The van der Waals surface area contributed by atoms with Gasteiger partial charge in [-0.3, -0.25) is 4.98 Å². The molecule has 0 aliphatic carbocycles. The highest BCUT2D eigenvalue weighted by Gasteiger charge is 2.14. The average Bonchev–Trinajstić information content (AvgIpc) is 2.46. The molecule has 1 aromatic carbocycles. The lowest BCUT2D eigenvalue weighted by molar-refractivity contribution is 0.574. The van der Waals surface area contributed by atoms with Crippen molar-refractivity contribution in [2.75, 3.05) is 0 Å². The first-order valence-electron chi connectivity index (χ1n) is 5.91. The van der Waals surface area contributed by atoms with Crippen LogP contribution >= 0.6 is 0 Å². The zero-order chi connectivity index (χ0) is 14.6. The van der Waals surface area contributed by atoms with Crippen LogP contribution in [0.4, 0.5) is 4.39 Å². The minimum Gasteiger partial charge on any atom is -0.325 e. The van der Waals surface area contributed by atoms with Crippen LogP contribution in [-0.2, 0) is 23.1 Å². The van der Waals surface area contributed by atoms with Gasteiger partial charge in [-0.1, -0.05) is 18.2 Å². The second kappa shape index (κ2) is 6.08. The number of hydrogen-bond donors (Lipinski definition) is 2. The van der Waals surface area contributed by atoms with Crippen LogP contribution in [0.1, 0.15) is 11.3 Å². The van der Waals surface area contributed by atoms with E-state index in [0.29, 0.717) is 5.69 Å². The minimum atomic E-state index is -3.72. The lowest BCUT2D eigenvalue weighted by atomic mass is 10.2. The standard InChI is InChI=1S/C13H14FN3O2S/c14-13-4-2-1-3-10(13)8-17-20(18,19)12-6-5-11(7-15)16-9-12/h1-6,9,17H,7-8,15H2. The number of pyridine rings is 1. The molecule has 0 radical (unpaired) electrons. The van der Waals surface area contributed by atoms with Crippen molar-refractivity contribution in [1.29, 1.82) is 0 Å². The summed E-state index contributed by atoms with van der Waals surface area (Å²) in [6, 6.07) is 8.94. The number of nitrogens with zero attached hydrogens (tertiary/aromatic N) is 1. The molecule has 0 aliphatic rings. The van der Waals surface area contributed by atoms with Crippen LogP contribution in [0.3, 0.4) is 0 Å². The molecule has 2 aromatic rings. The monoisotopic (exact) mass is 295 g/mol. The summed E-state index contributed by atoms with van der Waals surface area (Å²) in [6.07, 6.45) is 1.23. The van der Waals surface area contributed by atoms with E-state index in [9.17, 15) is 12.8 Å². The van der Waals surface area contributed by atoms with Gasteiger partial charge in [0.1, 0.15) is 10.7 Å².